The minimum Gasteiger partial charge on any atom is -0.330 e. The lowest BCUT2D eigenvalue weighted by molar-refractivity contribution is 0.282. The van der Waals surface area contributed by atoms with Crippen molar-refractivity contribution in [3.63, 3.8) is 0 Å². The molecule has 2 heteroatoms. The summed E-state index contributed by atoms with van der Waals surface area (Å²) in [7, 11) is 2.19. The second-order valence-corrected chi connectivity index (χ2v) is 4.16. The molecule has 0 amide bonds. The molecular formula is C11H26N2. The van der Waals surface area contributed by atoms with E-state index in [2.05, 4.69) is 25.8 Å². The Bertz CT molecular complexity index is 104. The lowest BCUT2D eigenvalue weighted by Gasteiger charge is -2.19. The van der Waals surface area contributed by atoms with Crippen LogP contribution >= 0.6 is 0 Å². The minimum atomic E-state index is 0.635. The zero-order valence-electron chi connectivity index (χ0n) is 9.55. The molecular weight excluding hydrogens is 160 g/mol. The zero-order chi connectivity index (χ0) is 10.1. The molecule has 0 aliphatic carbocycles. The molecule has 1 unspecified atom stereocenters. The number of unbranched alkanes of at least 4 members (excludes halogenated alkanes) is 3. The van der Waals surface area contributed by atoms with E-state index < -0.39 is 0 Å². The van der Waals surface area contributed by atoms with Crippen molar-refractivity contribution >= 4 is 0 Å². The molecule has 0 aromatic heterocycles. The van der Waals surface area contributed by atoms with Gasteiger partial charge in [0.05, 0.1) is 0 Å². The summed E-state index contributed by atoms with van der Waals surface area (Å²) in [5, 5.41) is 0. The Morgan fingerprint density at radius 1 is 1.23 bits per heavy atom. The van der Waals surface area contributed by atoms with Crippen molar-refractivity contribution in [3.05, 3.63) is 0 Å². The molecule has 0 fully saturated rings. The third-order valence-corrected chi connectivity index (χ3v) is 2.42. The van der Waals surface area contributed by atoms with Gasteiger partial charge in [-0.15, -0.1) is 0 Å². The summed E-state index contributed by atoms with van der Waals surface area (Å²) in [5.74, 6) is 0.635. The van der Waals surface area contributed by atoms with E-state index in [4.69, 9.17) is 5.73 Å². The molecule has 0 aliphatic rings. The Morgan fingerprint density at radius 3 is 2.46 bits per heavy atom. The van der Waals surface area contributed by atoms with Gasteiger partial charge in [-0.2, -0.15) is 0 Å². The van der Waals surface area contributed by atoms with Crippen molar-refractivity contribution in [2.45, 2.75) is 39.5 Å². The van der Waals surface area contributed by atoms with Gasteiger partial charge in [-0.05, 0) is 32.5 Å². The van der Waals surface area contributed by atoms with Gasteiger partial charge in [0, 0.05) is 6.54 Å². The number of nitrogens with two attached hydrogens (primary N) is 1. The van der Waals surface area contributed by atoms with Gasteiger partial charge in [-0.3, -0.25) is 0 Å². The van der Waals surface area contributed by atoms with Crippen LogP contribution in [0.2, 0.25) is 0 Å². The summed E-state index contributed by atoms with van der Waals surface area (Å²) >= 11 is 0. The van der Waals surface area contributed by atoms with Crippen LogP contribution in [0.4, 0.5) is 0 Å². The highest BCUT2D eigenvalue weighted by Gasteiger charge is 2.03. The van der Waals surface area contributed by atoms with E-state index in [-0.39, 0.29) is 0 Å². The second-order valence-electron chi connectivity index (χ2n) is 4.16. The number of nitrogens with zero attached hydrogens (tertiary/aromatic N) is 1. The molecule has 0 aromatic rings. The molecule has 0 bridgehead atoms. The fraction of sp³-hybridized carbons (Fsp3) is 1.00. The van der Waals surface area contributed by atoms with Gasteiger partial charge < -0.3 is 10.6 Å². The molecule has 0 spiro atoms. The maximum Gasteiger partial charge on any atom is 0.00160 e. The van der Waals surface area contributed by atoms with Crippen LogP contribution in [0.15, 0.2) is 0 Å². The summed E-state index contributed by atoms with van der Waals surface area (Å²) < 4.78 is 0. The van der Waals surface area contributed by atoms with Crippen LogP contribution in [0, 0.1) is 5.92 Å². The fourth-order valence-electron chi connectivity index (χ4n) is 1.51. The van der Waals surface area contributed by atoms with Crippen molar-refractivity contribution in [3.8, 4) is 0 Å². The van der Waals surface area contributed by atoms with E-state index in [1.54, 1.807) is 0 Å². The Kier molecular flexibility index (Phi) is 8.46. The molecule has 0 rings (SSSR count). The number of hydrogen-bond donors (Lipinski definition) is 1. The molecule has 1 atom stereocenters. The monoisotopic (exact) mass is 186 g/mol. The average molecular weight is 186 g/mol. The van der Waals surface area contributed by atoms with Crippen molar-refractivity contribution in [2.24, 2.45) is 11.7 Å². The molecule has 0 radical (unpaired) electrons. The van der Waals surface area contributed by atoms with Crippen molar-refractivity contribution in [2.75, 3.05) is 26.7 Å². The third-order valence-electron chi connectivity index (χ3n) is 2.42. The summed E-state index contributed by atoms with van der Waals surface area (Å²) in [6, 6.07) is 0. The second kappa shape index (κ2) is 8.52. The largest absolute Gasteiger partial charge is 0.330 e. The number of rotatable bonds is 8. The van der Waals surface area contributed by atoms with Gasteiger partial charge in [0.1, 0.15) is 0 Å². The van der Waals surface area contributed by atoms with Gasteiger partial charge in [-0.25, -0.2) is 0 Å². The van der Waals surface area contributed by atoms with Crippen molar-refractivity contribution < 1.29 is 0 Å². The Balaban J connectivity index is 3.24. The summed E-state index contributed by atoms with van der Waals surface area (Å²) in [6.07, 6.45) is 5.41. The zero-order valence-corrected chi connectivity index (χ0v) is 9.55. The molecule has 0 aromatic carbocycles. The van der Waals surface area contributed by atoms with E-state index in [0.717, 1.165) is 13.1 Å². The Labute approximate surface area is 83.5 Å². The molecule has 0 heterocycles. The highest BCUT2D eigenvalue weighted by Crippen LogP contribution is 2.02. The highest BCUT2D eigenvalue weighted by molar-refractivity contribution is 4.59. The summed E-state index contributed by atoms with van der Waals surface area (Å²) in [5.41, 5.74) is 5.57. The van der Waals surface area contributed by atoms with E-state index >= 15 is 0 Å². The highest BCUT2D eigenvalue weighted by atomic mass is 15.1. The molecule has 13 heavy (non-hydrogen) atoms. The first kappa shape index (κ1) is 12.9. The lowest BCUT2D eigenvalue weighted by atomic mass is 10.1. The van der Waals surface area contributed by atoms with Crippen LogP contribution in [0.5, 0.6) is 0 Å². The molecule has 2 N–H and O–H groups in total. The topological polar surface area (TPSA) is 29.3 Å². The van der Waals surface area contributed by atoms with Crippen LogP contribution in [-0.4, -0.2) is 31.6 Å². The molecule has 0 saturated heterocycles. The first-order chi connectivity index (χ1) is 6.20. The fourth-order valence-corrected chi connectivity index (χ4v) is 1.51. The molecule has 0 aliphatic heterocycles. The van der Waals surface area contributed by atoms with Gasteiger partial charge in [-0.1, -0.05) is 33.1 Å². The molecule has 2 nitrogen and oxygen atoms in total. The van der Waals surface area contributed by atoms with Crippen LogP contribution in [0.25, 0.3) is 0 Å². The third kappa shape index (κ3) is 8.26. The first-order valence-electron chi connectivity index (χ1n) is 5.59. The van der Waals surface area contributed by atoms with Crippen molar-refractivity contribution in [1.29, 1.82) is 0 Å². The van der Waals surface area contributed by atoms with Gasteiger partial charge in [0.25, 0.3) is 0 Å². The maximum absolute atomic E-state index is 5.57. The smallest absolute Gasteiger partial charge is 0.00160 e. The van der Waals surface area contributed by atoms with Crippen LogP contribution in [-0.2, 0) is 0 Å². The Hall–Kier alpha value is -0.0800. The summed E-state index contributed by atoms with van der Waals surface area (Å²) in [4.78, 5) is 2.40. The standard InChI is InChI=1S/C11H26N2/c1-4-5-6-7-8-13(3)10-11(2)9-12/h11H,4-10,12H2,1-3H3. The predicted molar refractivity (Wildman–Crippen MR) is 59.9 cm³/mol. The normalized spacial score (nSPS) is 13.6. The quantitative estimate of drug-likeness (QED) is 0.588. The van der Waals surface area contributed by atoms with E-state index in [0.29, 0.717) is 5.92 Å². The molecule has 0 saturated carbocycles. The van der Waals surface area contributed by atoms with Gasteiger partial charge in [0.2, 0.25) is 0 Å². The van der Waals surface area contributed by atoms with E-state index in [1.165, 1.54) is 32.2 Å². The average Bonchev–Trinajstić information content (AvgIpc) is 2.12. The van der Waals surface area contributed by atoms with Gasteiger partial charge in [0.15, 0.2) is 0 Å². The van der Waals surface area contributed by atoms with Crippen LogP contribution in [0.1, 0.15) is 39.5 Å². The maximum atomic E-state index is 5.57. The van der Waals surface area contributed by atoms with Gasteiger partial charge >= 0.3 is 0 Å². The number of hydrogen-bond acceptors (Lipinski definition) is 2. The molecule has 80 valence electrons. The predicted octanol–water partition coefficient (Wildman–Crippen LogP) is 2.09. The van der Waals surface area contributed by atoms with E-state index in [1.807, 2.05) is 0 Å². The lowest BCUT2D eigenvalue weighted by Crippen LogP contribution is -2.29. The summed E-state index contributed by atoms with van der Waals surface area (Å²) in [6.45, 7) is 7.63. The minimum absolute atomic E-state index is 0.635. The van der Waals surface area contributed by atoms with E-state index in [9.17, 15) is 0 Å². The first-order valence-corrected chi connectivity index (χ1v) is 5.59. The SMILES string of the molecule is CCCCCCN(C)CC(C)CN. The Morgan fingerprint density at radius 2 is 1.92 bits per heavy atom. The van der Waals surface area contributed by atoms with Crippen LogP contribution in [0.3, 0.4) is 0 Å². The van der Waals surface area contributed by atoms with Crippen LogP contribution < -0.4 is 5.73 Å². The van der Waals surface area contributed by atoms with Crippen molar-refractivity contribution in [1.82, 2.24) is 4.90 Å².